The van der Waals surface area contributed by atoms with Crippen LogP contribution in [0.2, 0.25) is 0 Å². The topological polar surface area (TPSA) is 40.5 Å². The van der Waals surface area contributed by atoms with Crippen molar-refractivity contribution in [1.29, 1.82) is 0 Å². The van der Waals surface area contributed by atoms with Crippen molar-refractivity contribution in [3.8, 4) is 0 Å². The van der Waals surface area contributed by atoms with Crippen molar-refractivity contribution < 1.29 is 9.90 Å². The van der Waals surface area contributed by atoms with Gasteiger partial charge in [0.1, 0.15) is 0 Å². The molecule has 1 N–H and O–H groups in total. The van der Waals surface area contributed by atoms with E-state index in [1.807, 2.05) is 11.9 Å². The molecule has 0 amide bonds. The molecule has 0 heterocycles. The summed E-state index contributed by atoms with van der Waals surface area (Å²) >= 11 is 0. The van der Waals surface area contributed by atoms with Gasteiger partial charge in [-0.2, -0.15) is 0 Å². The van der Waals surface area contributed by atoms with E-state index in [4.69, 9.17) is 5.11 Å². The van der Waals surface area contributed by atoms with E-state index in [0.717, 1.165) is 24.3 Å². The summed E-state index contributed by atoms with van der Waals surface area (Å²) < 4.78 is 0. The van der Waals surface area contributed by atoms with E-state index in [0.29, 0.717) is 0 Å². The molecule has 2 saturated carbocycles. The highest BCUT2D eigenvalue weighted by atomic mass is 16.4. The minimum Gasteiger partial charge on any atom is -0.480 e. The quantitative estimate of drug-likeness (QED) is 0.741. The predicted octanol–water partition coefficient (Wildman–Crippen LogP) is 1.44. The summed E-state index contributed by atoms with van der Waals surface area (Å²) in [4.78, 5) is 12.5. The molecule has 0 aromatic carbocycles. The van der Waals surface area contributed by atoms with E-state index < -0.39 is 5.97 Å². The summed E-state index contributed by atoms with van der Waals surface area (Å²) in [6.07, 6.45) is 5.56. The average Bonchev–Trinajstić information content (AvgIpc) is 2.62. The maximum atomic E-state index is 10.5. The van der Waals surface area contributed by atoms with Crippen LogP contribution in [0.25, 0.3) is 0 Å². The van der Waals surface area contributed by atoms with Crippen LogP contribution in [-0.2, 0) is 4.79 Å². The van der Waals surface area contributed by atoms with Crippen molar-refractivity contribution in [3.63, 3.8) is 0 Å². The molecule has 0 aliphatic heterocycles. The third-order valence-electron chi connectivity index (χ3n) is 3.84. The van der Waals surface area contributed by atoms with Gasteiger partial charge < -0.3 is 5.11 Å². The highest BCUT2D eigenvalue weighted by Crippen LogP contribution is 2.48. The molecule has 0 aromatic heterocycles. The number of carboxylic acid groups (broad SMARTS) is 1. The molecule has 0 saturated heterocycles. The third kappa shape index (κ3) is 2.08. The molecule has 14 heavy (non-hydrogen) atoms. The van der Waals surface area contributed by atoms with Gasteiger partial charge in [0.05, 0.1) is 6.54 Å². The molecule has 3 nitrogen and oxygen atoms in total. The van der Waals surface area contributed by atoms with Crippen LogP contribution in [0, 0.1) is 17.8 Å². The fraction of sp³-hybridized carbons (Fsp3) is 0.909. The third-order valence-corrected chi connectivity index (χ3v) is 3.84. The molecule has 80 valence electrons. The zero-order valence-electron chi connectivity index (χ0n) is 8.78. The smallest absolute Gasteiger partial charge is 0.317 e. The summed E-state index contributed by atoms with van der Waals surface area (Å²) in [5, 5.41) is 8.65. The van der Waals surface area contributed by atoms with Gasteiger partial charge in [-0.05, 0) is 44.1 Å². The van der Waals surface area contributed by atoms with Crippen LogP contribution in [0.5, 0.6) is 0 Å². The van der Waals surface area contributed by atoms with Crippen LogP contribution in [-0.4, -0.2) is 36.1 Å². The highest BCUT2D eigenvalue weighted by molar-refractivity contribution is 5.68. The molecular weight excluding hydrogens is 178 g/mol. The number of likely N-dealkylation sites (N-methyl/N-ethyl adjacent to an activating group) is 1. The Morgan fingerprint density at radius 3 is 2.71 bits per heavy atom. The average molecular weight is 197 g/mol. The van der Waals surface area contributed by atoms with E-state index in [1.165, 1.54) is 25.7 Å². The molecule has 2 aliphatic carbocycles. The lowest BCUT2D eigenvalue weighted by Crippen LogP contribution is -2.32. The second kappa shape index (κ2) is 3.89. The minimum atomic E-state index is -0.712. The standard InChI is InChI=1S/C11H19NO2/c1-12(7-11(13)14)6-10-5-8-2-3-9(10)4-8/h8-10H,2-7H2,1H3,(H,13,14). The van der Waals surface area contributed by atoms with Crippen LogP contribution in [0.15, 0.2) is 0 Å². The fourth-order valence-corrected chi connectivity index (χ4v) is 3.30. The second-order valence-corrected chi connectivity index (χ2v) is 5.03. The van der Waals surface area contributed by atoms with Gasteiger partial charge in [-0.1, -0.05) is 6.42 Å². The SMILES string of the molecule is CN(CC(=O)O)CC1CC2CCC1C2. The first kappa shape index (κ1) is 9.97. The molecule has 3 atom stereocenters. The van der Waals surface area contributed by atoms with E-state index in [1.54, 1.807) is 0 Å². The van der Waals surface area contributed by atoms with Gasteiger partial charge in [0, 0.05) is 6.54 Å². The van der Waals surface area contributed by atoms with Gasteiger partial charge in [0.25, 0.3) is 0 Å². The van der Waals surface area contributed by atoms with E-state index in [9.17, 15) is 4.79 Å². The van der Waals surface area contributed by atoms with Crippen LogP contribution >= 0.6 is 0 Å². The Kier molecular flexibility index (Phi) is 2.77. The molecule has 3 unspecified atom stereocenters. The molecular formula is C11H19NO2. The van der Waals surface area contributed by atoms with Gasteiger partial charge in [0.15, 0.2) is 0 Å². The molecule has 0 aromatic rings. The van der Waals surface area contributed by atoms with E-state index in [2.05, 4.69) is 0 Å². The zero-order valence-corrected chi connectivity index (χ0v) is 8.78. The lowest BCUT2D eigenvalue weighted by atomic mass is 9.88. The fourth-order valence-electron chi connectivity index (χ4n) is 3.30. The number of carboxylic acids is 1. The molecule has 0 radical (unpaired) electrons. The summed E-state index contributed by atoms with van der Waals surface area (Å²) in [5.41, 5.74) is 0. The molecule has 2 fully saturated rings. The highest BCUT2D eigenvalue weighted by Gasteiger charge is 2.39. The first-order chi connectivity index (χ1) is 6.65. The summed E-state index contributed by atoms with van der Waals surface area (Å²) in [7, 11) is 1.92. The Labute approximate surface area is 85.1 Å². The monoisotopic (exact) mass is 197 g/mol. The van der Waals surface area contributed by atoms with Crippen molar-refractivity contribution in [2.24, 2.45) is 17.8 Å². The normalized spacial score (nSPS) is 35.4. The number of nitrogens with zero attached hydrogens (tertiary/aromatic N) is 1. The number of carbonyl (C=O) groups is 1. The van der Waals surface area contributed by atoms with Gasteiger partial charge >= 0.3 is 5.97 Å². The van der Waals surface area contributed by atoms with Crippen LogP contribution in [0.1, 0.15) is 25.7 Å². The number of fused-ring (bicyclic) bond motifs is 2. The van der Waals surface area contributed by atoms with Crippen molar-refractivity contribution in [2.75, 3.05) is 20.1 Å². The summed E-state index contributed by atoms with van der Waals surface area (Å²) in [6, 6.07) is 0. The van der Waals surface area contributed by atoms with E-state index in [-0.39, 0.29) is 6.54 Å². The molecule has 3 heteroatoms. The van der Waals surface area contributed by atoms with Gasteiger partial charge in [0.2, 0.25) is 0 Å². The van der Waals surface area contributed by atoms with Crippen LogP contribution in [0.3, 0.4) is 0 Å². The first-order valence-corrected chi connectivity index (χ1v) is 5.55. The number of hydrogen-bond acceptors (Lipinski definition) is 2. The molecule has 2 bridgehead atoms. The first-order valence-electron chi connectivity index (χ1n) is 5.55. The van der Waals surface area contributed by atoms with Crippen molar-refractivity contribution >= 4 is 5.97 Å². The lowest BCUT2D eigenvalue weighted by Gasteiger charge is -2.26. The number of hydrogen-bond donors (Lipinski definition) is 1. The Balaban J connectivity index is 1.78. The van der Waals surface area contributed by atoms with Crippen LogP contribution < -0.4 is 0 Å². The molecule has 0 spiro atoms. The zero-order chi connectivity index (χ0) is 10.1. The van der Waals surface area contributed by atoms with Crippen molar-refractivity contribution in [1.82, 2.24) is 4.90 Å². The minimum absolute atomic E-state index is 0.188. The summed E-state index contributed by atoms with van der Waals surface area (Å²) in [6.45, 7) is 1.17. The van der Waals surface area contributed by atoms with E-state index >= 15 is 0 Å². The maximum Gasteiger partial charge on any atom is 0.317 e. The Hall–Kier alpha value is -0.570. The van der Waals surface area contributed by atoms with Crippen LogP contribution in [0.4, 0.5) is 0 Å². The molecule has 2 rings (SSSR count). The van der Waals surface area contributed by atoms with Gasteiger partial charge in [-0.3, -0.25) is 9.69 Å². The summed E-state index contributed by atoms with van der Waals surface area (Å²) in [5.74, 6) is 1.92. The predicted molar refractivity (Wildman–Crippen MR) is 54.1 cm³/mol. The number of aliphatic carboxylic acids is 1. The Morgan fingerprint density at radius 1 is 1.43 bits per heavy atom. The lowest BCUT2D eigenvalue weighted by molar-refractivity contribution is -0.138. The molecule has 2 aliphatic rings. The van der Waals surface area contributed by atoms with Gasteiger partial charge in [-0.25, -0.2) is 0 Å². The second-order valence-electron chi connectivity index (χ2n) is 5.03. The maximum absolute atomic E-state index is 10.5. The largest absolute Gasteiger partial charge is 0.480 e. The van der Waals surface area contributed by atoms with Gasteiger partial charge in [-0.15, -0.1) is 0 Å². The Bertz CT molecular complexity index is 229. The van der Waals surface area contributed by atoms with Crippen molar-refractivity contribution in [2.45, 2.75) is 25.7 Å². The Morgan fingerprint density at radius 2 is 2.21 bits per heavy atom. The van der Waals surface area contributed by atoms with Crippen molar-refractivity contribution in [3.05, 3.63) is 0 Å². The number of rotatable bonds is 4.